The van der Waals surface area contributed by atoms with E-state index in [4.69, 9.17) is 10.5 Å². The van der Waals surface area contributed by atoms with Crippen LogP contribution in [0.2, 0.25) is 0 Å². The van der Waals surface area contributed by atoms with E-state index in [1.807, 2.05) is 20.8 Å². The first-order valence-corrected chi connectivity index (χ1v) is 23.9. The lowest BCUT2D eigenvalue weighted by atomic mass is 9.99. The third-order valence-electron chi connectivity index (χ3n) is 12.0. The molecule has 3 aromatic carbocycles. The number of methoxy groups -OCH3 is 1. The summed E-state index contributed by atoms with van der Waals surface area (Å²) in [5.74, 6) is -7.71. The van der Waals surface area contributed by atoms with E-state index in [2.05, 4.69) is 36.6 Å². The molecule has 73 heavy (non-hydrogen) atoms. The number of esters is 1. The molecule has 392 valence electrons. The van der Waals surface area contributed by atoms with Gasteiger partial charge in [-0.2, -0.15) is 0 Å². The van der Waals surface area contributed by atoms with E-state index in [0.717, 1.165) is 12.0 Å². The Bertz CT molecular complexity index is 2470. The minimum absolute atomic E-state index is 0.0303. The number of nitrogens with one attached hydrogen (secondary N) is 6. The highest BCUT2D eigenvalue weighted by atomic mass is 16.5. The summed E-state index contributed by atoms with van der Waals surface area (Å²) in [6.07, 6.45) is -0.838. The summed E-state index contributed by atoms with van der Waals surface area (Å²) in [6, 6.07) is 16.4. The van der Waals surface area contributed by atoms with Crippen molar-refractivity contribution in [3.63, 3.8) is 0 Å². The van der Waals surface area contributed by atoms with Gasteiger partial charge in [0.05, 0.1) is 19.6 Å². The van der Waals surface area contributed by atoms with Crippen LogP contribution in [-0.4, -0.2) is 149 Å². The van der Waals surface area contributed by atoms with Crippen molar-refractivity contribution in [2.45, 2.75) is 121 Å². The van der Waals surface area contributed by atoms with E-state index in [9.17, 15) is 53.1 Å². The smallest absolute Gasteiger partial charge is 0.396 e. The van der Waals surface area contributed by atoms with Gasteiger partial charge in [0, 0.05) is 30.7 Å². The molecule has 9 N–H and O–H groups in total. The Labute approximate surface area is 422 Å². The maximum Gasteiger partial charge on any atom is 0.396 e. The normalized spacial score (nSPS) is 17.3. The molecule has 5 rings (SSSR count). The van der Waals surface area contributed by atoms with E-state index in [-0.39, 0.29) is 49.7 Å². The minimum atomic E-state index is -1.82. The predicted molar refractivity (Wildman–Crippen MR) is 263 cm³/mol. The summed E-state index contributed by atoms with van der Waals surface area (Å²) >= 11 is 0. The topological polar surface area (TPSA) is 314 Å². The molecule has 3 aromatic rings. The number of likely N-dealkylation sites (tertiary alicyclic amines) is 2. The lowest BCUT2D eigenvalue weighted by molar-refractivity contribution is -0.159. The molecule has 2 fully saturated rings. The van der Waals surface area contributed by atoms with Crippen LogP contribution in [0.25, 0.3) is 0 Å². The van der Waals surface area contributed by atoms with E-state index >= 15 is 0 Å². The largest absolute Gasteiger partial charge is 0.484 e. The number of anilines is 1. The highest BCUT2D eigenvalue weighted by molar-refractivity contribution is 6.32. The number of aliphatic hydroxyl groups is 1. The summed E-state index contributed by atoms with van der Waals surface area (Å²) in [5.41, 5.74) is 6.53. The number of rotatable bonds is 21. The maximum absolute atomic E-state index is 13.8. The lowest BCUT2D eigenvalue weighted by Gasteiger charge is -2.32. The van der Waals surface area contributed by atoms with Crippen LogP contribution in [0.15, 0.2) is 84.9 Å². The van der Waals surface area contributed by atoms with Gasteiger partial charge in [-0.25, -0.2) is 4.79 Å². The molecule has 0 unspecified atom stereocenters. The predicted octanol–water partition coefficient (Wildman–Crippen LogP) is -0.246. The van der Waals surface area contributed by atoms with Crippen LogP contribution >= 0.6 is 0 Å². The number of primary amides is 1. The molecule has 2 saturated heterocycles. The van der Waals surface area contributed by atoms with Crippen molar-refractivity contribution in [1.82, 2.24) is 36.4 Å². The van der Waals surface area contributed by atoms with Gasteiger partial charge in [0.25, 0.3) is 11.8 Å². The number of amides is 9. The molecule has 2 heterocycles. The number of ether oxygens (including phenoxy) is 2. The van der Waals surface area contributed by atoms with E-state index in [1.54, 1.807) is 60.7 Å². The molecule has 22 heteroatoms. The second kappa shape index (κ2) is 26.0. The Morgan fingerprint density at radius 1 is 0.699 bits per heavy atom. The fraction of sp³-hybridized carbons (Fsp3) is 0.451. The number of hydrogen-bond acceptors (Lipinski definition) is 13. The number of carbonyl (C=O) groups excluding carboxylic acids is 10. The SMILES string of the molecule is COC(=O)C(=O)N1CCC[C@H]1C(=O)N[C@H](Cc1ccccc1)C(=O)N[C@H](C)C(=O)Nc1ccc(OCC(=O)N[C@@H](CC(N)=O)C(=O)N[C@@H](Cc2ccccc2)[C@H](O)C(=O)N2CCC[C@H]2C(=O)NC(C)(C)C)cc1. The van der Waals surface area contributed by atoms with Gasteiger partial charge in [-0.1, -0.05) is 60.7 Å². The molecule has 2 aliphatic rings. The van der Waals surface area contributed by atoms with Gasteiger partial charge in [-0.05, 0) is 95.2 Å². The van der Waals surface area contributed by atoms with Crippen LogP contribution in [0.5, 0.6) is 5.75 Å². The van der Waals surface area contributed by atoms with E-state index < -0.39 is 114 Å². The quantitative estimate of drug-likeness (QED) is 0.0505. The third kappa shape index (κ3) is 16.6. The zero-order valence-electron chi connectivity index (χ0n) is 41.5. The first-order chi connectivity index (χ1) is 34.6. The fourth-order valence-corrected chi connectivity index (χ4v) is 8.36. The highest BCUT2D eigenvalue weighted by Crippen LogP contribution is 2.23. The highest BCUT2D eigenvalue weighted by Gasteiger charge is 2.42. The second-order valence-corrected chi connectivity index (χ2v) is 18.9. The summed E-state index contributed by atoms with van der Waals surface area (Å²) in [7, 11) is 1.06. The lowest BCUT2D eigenvalue weighted by Crippen LogP contribution is -2.59. The second-order valence-electron chi connectivity index (χ2n) is 18.9. The maximum atomic E-state index is 13.8. The average Bonchev–Trinajstić information content (AvgIpc) is 4.06. The monoisotopic (exact) mass is 1010 g/mol. The van der Waals surface area contributed by atoms with Crippen molar-refractivity contribution in [2.75, 3.05) is 32.1 Å². The van der Waals surface area contributed by atoms with Gasteiger partial charge >= 0.3 is 11.9 Å². The number of hydrogen-bond donors (Lipinski definition) is 8. The van der Waals surface area contributed by atoms with Crippen LogP contribution in [0.1, 0.15) is 70.9 Å². The Hall–Kier alpha value is -7.88. The van der Waals surface area contributed by atoms with Crippen molar-refractivity contribution in [3.05, 3.63) is 96.1 Å². The molecular weight excluding hydrogens is 947 g/mol. The van der Waals surface area contributed by atoms with Crippen molar-refractivity contribution >= 4 is 64.8 Å². The summed E-state index contributed by atoms with van der Waals surface area (Å²) in [5, 5.41) is 27.4. The molecule has 22 nitrogen and oxygen atoms in total. The van der Waals surface area contributed by atoms with Crippen LogP contribution in [0.4, 0.5) is 5.69 Å². The first-order valence-electron chi connectivity index (χ1n) is 23.9. The molecular formula is C51H65N9O13. The molecule has 9 amide bonds. The molecule has 0 aliphatic carbocycles. The first kappa shape index (κ1) is 56.0. The van der Waals surface area contributed by atoms with Crippen molar-refractivity contribution in [3.8, 4) is 5.75 Å². The number of aliphatic hydroxyl groups excluding tert-OH is 1. The van der Waals surface area contributed by atoms with Crippen molar-refractivity contribution in [2.24, 2.45) is 5.73 Å². The summed E-state index contributed by atoms with van der Waals surface area (Å²) in [6.45, 7) is 6.58. The molecule has 0 bridgehead atoms. The molecule has 2 aliphatic heterocycles. The molecule has 0 spiro atoms. The van der Waals surface area contributed by atoms with Crippen molar-refractivity contribution in [1.29, 1.82) is 0 Å². The van der Waals surface area contributed by atoms with E-state index in [1.165, 1.54) is 36.1 Å². The third-order valence-corrected chi connectivity index (χ3v) is 12.0. The molecule has 0 radical (unpaired) electrons. The van der Waals surface area contributed by atoms with Crippen LogP contribution in [0.3, 0.4) is 0 Å². The Morgan fingerprint density at radius 2 is 1.26 bits per heavy atom. The van der Waals surface area contributed by atoms with Gasteiger partial charge in [-0.15, -0.1) is 0 Å². The summed E-state index contributed by atoms with van der Waals surface area (Å²) < 4.78 is 10.1. The van der Waals surface area contributed by atoms with Crippen molar-refractivity contribution < 1.29 is 62.5 Å². The standard InChI is InChI=1S/C51H65N9O13/c1-30(53-44(65)36(27-32-16-10-7-11-17-32)57-46(67)38-18-12-25-60(38)49(70)50(71)72-5)43(64)54-33-20-22-34(23-21-33)73-29-41(62)55-37(28-40(52)61)45(66)56-35(26-31-14-8-6-9-15-31)42(63)48(69)59-24-13-19-39(59)47(68)58-51(2,3)4/h6-11,14-17,20-23,30,35-39,42,63H,12-13,18-19,24-29H2,1-5H3,(H2,52,61)(H,53,65)(H,54,64)(H,55,62)(H,56,66)(H,57,67)(H,58,68)/t30-,35+,36-,37+,38+,39+,42+/m1/s1. The zero-order valence-corrected chi connectivity index (χ0v) is 41.5. The van der Waals surface area contributed by atoms with Gasteiger partial charge in [0.2, 0.25) is 35.4 Å². The van der Waals surface area contributed by atoms with Gasteiger partial charge in [0.15, 0.2) is 12.7 Å². The van der Waals surface area contributed by atoms with E-state index in [0.29, 0.717) is 30.4 Å². The Morgan fingerprint density at radius 3 is 1.84 bits per heavy atom. The van der Waals surface area contributed by atoms with Crippen LogP contribution in [0, 0.1) is 0 Å². The van der Waals surface area contributed by atoms with Crippen LogP contribution < -0.4 is 42.4 Å². The Kier molecular flexibility index (Phi) is 20.0. The van der Waals surface area contributed by atoms with Gasteiger partial charge in [0.1, 0.15) is 36.0 Å². The average molecular weight is 1010 g/mol. The minimum Gasteiger partial charge on any atom is -0.484 e. The molecule has 0 aromatic heterocycles. The fourth-order valence-electron chi connectivity index (χ4n) is 8.36. The Balaban J connectivity index is 1.17. The number of nitrogens with two attached hydrogens (primary N) is 1. The molecule has 7 atom stereocenters. The van der Waals surface area contributed by atoms with Gasteiger partial charge in [-0.3, -0.25) is 43.2 Å². The number of nitrogens with zero attached hydrogens (tertiary/aromatic N) is 2. The number of carbonyl (C=O) groups is 10. The summed E-state index contributed by atoms with van der Waals surface area (Å²) in [4.78, 5) is 133. The number of benzene rings is 3. The van der Waals surface area contributed by atoms with Gasteiger partial charge < -0.3 is 62.0 Å². The zero-order chi connectivity index (χ0) is 53.4. The van der Waals surface area contributed by atoms with Crippen LogP contribution in [-0.2, 0) is 65.5 Å². The molecule has 0 saturated carbocycles.